The Kier molecular flexibility index (Phi) is 11.8. The Labute approximate surface area is 279 Å². The van der Waals surface area contributed by atoms with Gasteiger partial charge in [0.2, 0.25) is 15.9 Å². The van der Waals surface area contributed by atoms with Gasteiger partial charge in [-0.25, -0.2) is 18.2 Å². The Morgan fingerprint density at radius 3 is 2.13 bits per heavy atom. The zero-order valence-corrected chi connectivity index (χ0v) is 29.4. The van der Waals surface area contributed by atoms with Gasteiger partial charge in [0.1, 0.15) is 17.5 Å². The zero-order valence-electron chi connectivity index (χ0n) is 28.5. The minimum atomic E-state index is -3.93. The monoisotopic (exact) mass is 663 g/mol. The van der Waals surface area contributed by atoms with Crippen LogP contribution in [0.1, 0.15) is 95.4 Å². The van der Waals surface area contributed by atoms with Gasteiger partial charge in [0.05, 0.1) is 4.90 Å². The van der Waals surface area contributed by atoms with E-state index in [1.54, 1.807) is 45.2 Å². The molecule has 3 N–H and O–H groups in total. The van der Waals surface area contributed by atoms with Crippen LogP contribution in [0.4, 0.5) is 10.6 Å². The number of pyridine rings is 1. The van der Waals surface area contributed by atoms with Crippen LogP contribution in [0.3, 0.4) is 0 Å². The number of aromatic nitrogens is 1. The molecule has 2 amide bonds. The first-order chi connectivity index (χ1) is 22.1. The van der Waals surface area contributed by atoms with Crippen LogP contribution in [-0.4, -0.2) is 53.9 Å². The molecule has 254 valence electrons. The summed E-state index contributed by atoms with van der Waals surface area (Å²) in [7, 11) is -3.93. The van der Waals surface area contributed by atoms with E-state index in [4.69, 9.17) is 4.74 Å². The van der Waals surface area contributed by atoms with Crippen LogP contribution in [0.15, 0.2) is 71.8 Å². The van der Waals surface area contributed by atoms with Gasteiger partial charge in [-0.2, -0.15) is 4.31 Å². The molecule has 0 saturated carbocycles. The summed E-state index contributed by atoms with van der Waals surface area (Å²) in [6, 6.07) is 17.6. The predicted octanol–water partition coefficient (Wildman–Crippen LogP) is 6.30. The van der Waals surface area contributed by atoms with E-state index < -0.39 is 27.8 Å². The second-order valence-electron chi connectivity index (χ2n) is 13.7. The van der Waals surface area contributed by atoms with Gasteiger partial charge in [0.25, 0.3) is 0 Å². The number of amides is 2. The van der Waals surface area contributed by atoms with Crippen molar-refractivity contribution in [3.05, 3.63) is 89.1 Å². The highest BCUT2D eigenvalue weighted by Crippen LogP contribution is 2.28. The number of sulfonamides is 1. The molecule has 1 aliphatic heterocycles. The first kappa shape index (κ1) is 36.0. The molecule has 1 aromatic heterocycles. The Hall–Kier alpha value is -3.80. The molecular formula is C36H49N5O5S. The molecule has 3 aromatic rings. The number of benzene rings is 2. The van der Waals surface area contributed by atoms with Crippen molar-refractivity contribution >= 4 is 27.8 Å². The lowest BCUT2D eigenvalue weighted by molar-refractivity contribution is -0.126. The molecule has 2 aromatic carbocycles. The number of hydrogen-bond donors (Lipinski definition) is 3. The number of ether oxygens (including phenoxy) is 1. The second kappa shape index (κ2) is 15.4. The van der Waals surface area contributed by atoms with Crippen molar-refractivity contribution < 1.29 is 22.7 Å². The maximum Gasteiger partial charge on any atom is 0.413 e. The molecule has 0 aliphatic carbocycles. The number of rotatable bonds is 11. The van der Waals surface area contributed by atoms with Crippen LogP contribution in [0.25, 0.3) is 0 Å². The molecule has 11 heteroatoms. The summed E-state index contributed by atoms with van der Waals surface area (Å²) in [6.45, 7) is 14.7. The number of hydrogen-bond acceptors (Lipinski definition) is 7. The van der Waals surface area contributed by atoms with Crippen molar-refractivity contribution in [1.82, 2.24) is 19.9 Å². The summed E-state index contributed by atoms with van der Waals surface area (Å²) in [4.78, 5) is 30.3. The fourth-order valence-corrected chi connectivity index (χ4v) is 7.08. The summed E-state index contributed by atoms with van der Waals surface area (Å²) < 4.78 is 34.5. The van der Waals surface area contributed by atoms with Gasteiger partial charge in [-0.3, -0.25) is 10.1 Å². The highest BCUT2D eigenvalue weighted by atomic mass is 32.2. The van der Waals surface area contributed by atoms with E-state index in [0.717, 1.165) is 16.7 Å². The molecule has 1 aliphatic rings. The third-order valence-corrected chi connectivity index (χ3v) is 10.1. The molecular weight excluding hydrogens is 614 g/mol. The van der Waals surface area contributed by atoms with E-state index in [9.17, 15) is 18.0 Å². The van der Waals surface area contributed by atoms with Crippen LogP contribution in [0, 0.1) is 0 Å². The smallest absolute Gasteiger partial charge is 0.413 e. The van der Waals surface area contributed by atoms with Crippen LogP contribution in [0.2, 0.25) is 0 Å². The maximum atomic E-state index is 13.9. The molecule has 47 heavy (non-hydrogen) atoms. The van der Waals surface area contributed by atoms with Crippen LogP contribution < -0.4 is 16.0 Å². The van der Waals surface area contributed by atoms with E-state index in [0.29, 0.717) is 37.7 Å². The lowest BCUT2D eigenvalue weighted by Crippen LogP contribution is -2.56. The minimum absolute atomic E-state index is 0.124. The van der Waals surface area contributed by atoms with Crippen LogP contribution >= 0.6 is 0 Å². The van der Waals surface area contributed by atoms with E-state index in [2.05, 4.69) is 60.8 Å². The average Bonchev–Trinajstić information content (AvgIpc) is 3.02. The summed E-state index contributed by atoms with van der Waals surface area (Å²) in [5, 5.41) is 9.14. The predicted molar refractivity (Wildman–Crippen MR) is 185 cm³/mol. The molecule has 1 fully saturated rings. The summed E-state index contributed by atoms with van der Waals surface area (Å²) in [5.74, 6) is 0.700. The van der Waals surface area contributed by atoms with Gasteiger partial charge >= 0.3 is 6.09 Å². The first-order valence-corrected chi connectivity index (χ1v) is 17.7. The fourth-order valence-electron chi connectivity index (χ4n) is 5.47. The van der Waals surface area contributed by atoms with Crippen LogP contribution in [-0.2, 0) is 32.6 Å². The molecule has 0 bridgehead atoms. The van der Waals surface area contributed by atoms with Crippen molar-refractivity contribution in [2.45, 2.75) is 109 Å². The number of carbonyl (C=O) groups is 2. The average molecular weight is 664 g/mol. The number of anilines is 1. The third kappa shape index (κ3) is 10.1. The van der Waals surface area contributed by atoms with Gasteiger partial charge < -0.3 is 15.4 Å². The summed E-state index contributed by atoms with van der Waals surface area (Å²) >= 11 is 0. The SMILES string of the molecule is CC(C)c1ccc(CNC(=O)[C@H]2C[C@H](NCc3ccnc(NC(=O)OC(C)(C)C)c3)CCN2S(=O)(=O)c2ccc(C(C)C)cc2)cc1. The Balaban J connectivity index is 1.48. The Morgan fingerprint density at radius 1 is 0.915 bits per heavy atom. The maximum absolute atomic E-state index is 13.9. The normalized spacial score (nSPS) is 17.5. The van der Waals surface area contributed by atoms with E-state index in [-0.39, 0.29) is 29.3 Å². The highest BCUT2D eigenvalue weighted by molar-refractivity contribution is 7.89. The highest BCUT2D eigenvalue weighted by Gasteiger charge is 2.40. The molecule has 0 radical (unpaired) electrons. The second-order valence-corrected chi connectivity index (χ2v) is 15.6. The molecule has 4 rings (SSSR count). The number of piperidine rings is 1. The van der Waals surface area contributed by atoms with Gasteiger partial charge in [-0.05, 0) is 92.0 Å². The molecule has 0 unspecified atom stereocenters. The molecule has 2 atom stereocenters. The fraction of sp³-hybridized carbons (Fsp3) is 0.472. The van der Waals surface area contributed by atoms with Crippen LogP contribution in [0.5, 0.6) is 0 Å². The quantitative estimate of drug-likeness (QED) is 0.220. The molecule has 0 spiro atoms. The van der Waals surface area contributed by atoms with Crippen molar-refractivity contribution in [1.29, 1.82) is 0 Å². The van der Waals surface area contributed by atoms with Crippen molar-refractivity contribution in [3.8, 4) is 0 Å². The molecule has 1 saturated heterocycles. The lowest BCUT2D eigenvalue weighted by Gasteiger charge is -2.38. The van der Waals surface area contributed by atoms with E-state index in [1.165, 1.54) is 9.87 Å². The van der Waals surface area contributed by atoms with E-state index >= 15 is 0 Å². The molecule has 10 nitrogen and oxygen atoms in total. The van der Waals surface area contributed by atoms with Crippen molar-refractivity contribution in [3.63, 3.8) is 0 Å². The summed E-state index contributed by atoms with van der Waals surface area (Å²) in [5.41, 5.74) is 3.44. The van der Waals surface area contributed by atoms with Gasteiger partial charge in [0, 0.05) is 31.9 Å². The number of carbonyl (C=O) groups excluding carboxylic acids is 2. The first-order valence-electron chi connectivity index (χ1n) is 16.3. The van der Waals surface area contributed by atoms with Gasteiger partial charge in [-0.15, -0.1) is 0 Å². The Morgan fingerprint density at radius 2 is 1.53 bits per heavy atom. The summed E-state index contributed by atoms with van der Waals surface area (Å²) in [6.07, 6.45) is 1.84. The number of nitrogens with zero attached hydrogens (tertiary/aromatic N) is 2. The standard InChI is InChI=1S/C36H49N5O5S/c1-24(2)28-10-8-26(9-11-28)22-39-34(42)32-21-30(17-19-41(32)47(44,45)31-14-12-29(13-15-31)25(3)4)38-23-27-16-18-37-33(20-27)40-35(43)46-36(5,6)7/h8-16,18,20,24-25,30,32,38H,17,19,21-23H2,1-7H3,(H,39,42)(H,37,40,43)/t30-,32-/m1/s1. The number of nitrogens with one attached hydrogen (secondary N) is 3. The van der Waals surface area contributed by atoms with Crippen molar-refractivity contribution in [2.75, 3.05) is 11.9 Å². The van der Waals surface area contributed by atoms with Gasteiger partial charge in [0.15, 0.2) is 0 Å². The van der Waals surface area contributed by atoms with Gasteiger partial charge in [-0.1, -0.05) is 64.1 Å². The Bertz CT molecular complexity index is 1620. The van der Waals surface area contributed by atoms with Crippen molar-refractivity contribution in [2.24, 2.45) is 0 Å². The molecule has 2 heterocycles. The topological polar surface area (TPSA) is 130 Å². The third-order valence-electron chi connectivity index (χ3n) is 8.17. The van der Waals surface area contributed by atoms with E-state index in [1.807, 2.05) is 30.3 Å². The largest absolute Gasteiger partial charge is 0.444 e. The zero-order chi connectivity index (χ0) is 34.4. The minimum Gasteiger partial charge on any atom is -0.444 e. The lowest BCUT2D eigenvalue weighted by atomic mass is 9.98.